The van der Waals surface area contributed by atoms with Crippen LogP contribution in [0.4, 0.5) is 0 Å². The van der Waals surface area contributed by atoms with Gasteiger partial charge in [0.25, 0.3) is 0 Å². The van der Waals surface area contributed by atoms with Gasteiger partial charge in [-0.2, -0.15) is 0 Å². The average molecular weight is 440 g/mol. The first-order chi connectivity index (χ1) is 16.3. The Hall–Kier alpha value is -3.60. The summed E-state index contributed by atoms with van der Waals surface area (Å²) in [6.07, 6.45) is -0.243. The minimum atomic E-state index is -0.243. The van der Waals surface area contributed by atoms with Gasteiger partial charge in [0.15, 0.2) is 11.5 Å². The molecule has 4 aromatic carbocycles. The molecule has 168 valence electrons. The van der Waals surface area contributed by atoms with E-state index < -0.39 is 0 Å². The number of hydrogen-bond donors (Lipinski definition) is 1. The van der Waals surface area contributed by atoms with E-state index in [-0.39, 0.29) is 6.10 Å². The van der Waals surface area contributed by atoms with Gasteiger partial charge >= 0.3 is 0 Å². The van der Waals surface area contributed by atoms with Gasteiger partial charge in [0.05, 0.1) is 12.7 Å². The molecule has 2 N–H and O–H groups in total. The molecule has 0 heterocycles. The molecule has 33 heavy (non-hydrogen) atoms. The van der Waals surface area contributed by atoms with E-state index in [4.69, 9.17) is 19.9 Å². The molecule has 0 saturated heterocycles. The highest BCUT2D eigenvalue weighted by molar-refractivity contribution is 5.44. The van der Waals surface area contributed by atoms with E-state index in [1.165, 1.54) is 0 Å². The maximum atomic E-state index is 6.19. The van der Waals surface area contributed by atoms with Crippen LogP contribution in [0.15, 0.2) is 109 Å². The summed E-state index contributed by atoms with van der Waals surface area (Å²) in [4.78, 5) is 0. The second kappa shape index (κ2) is 11.9. The van der Waals surface area contributed by atoms with Crippen molar-refractivity contribution in [3.8, 4) is 11.5 Å². The van der Waals surface area contributed by atoms with Crippen LogP contribution < -0.4 is 15.2 Å². The maximum absolute atomic E-state index is 6.19. The predicted molar refractivity (Wildman–Crippen MR) is 131 cm³/mol. The van der Waals surface area contributed by atoms with Crippen molar-refractivity contribution in [2.45, 2.75) is 25.9 Å². The lowest BCUT2D eigenvalue weighted by molar-refractivity contribution is 0.0454. The zero-order valence-corrected chi connectivity index (χ0v) is 18.6. The van der Waals surface area contributed by atoms with Crippen LogP contribution in [0, 0.1) is 0 Å². The van der Waals surface area contributed by atoms with Crippen molar-refractivity contribution in [3.63, 3.8) is 0 Å². The highest BCUT2D eigenvalue weighted by Crippen LogP contribution is 2.33. The quantitative estimate of drug-likeness (QED) is 0.309. The minimum Gasteiger partial charge on any atom is -0.485 e. The van der Waals surface area contributed by atoms with Crippen LogP contribution in [-0.2, 0) is 24.6 Å². The molecule has 0 radical (unpaired) electrons. The molecular formula is C29H29NO3. The fraction of sp³-hybridized carbons (Fsp3) is 0.172. The molecule has 1 atom stereocenters. The minimum absolute atomic E-state index is 0.243. The standard InChI is InChI=1S/C29H29NO3/c30-19-29(33-22-25-14-8-3-9-15-25)26-16-17-27(31-20-23-10-4-1-5-11-23)28(18-26)32-21-24-12-6-2-7-13-24/h1-18,29H,19-22,30H2. The van der Waals surface area contributed by atoms with Gasteiger partial charge in [-0.1, -0.05) is 97.1 Å². The lowest BCUT2D eigenvalue weighted by Crippen LogP contribution is -2.16. The number of nitrogens with two attached hydrogens (primary N) is 1. The van der Waals surface area contributed by atoms with Crippen LogP contribution in [0.1, 0.15) is 28.4 Å². The molecule has 4 nitrogen and oxygen atoms in total. The maximum Gasteiger partial charge on any atom is 0.162 e. The van der Waals surface area contributed by atoms with Crippen molar-refractivity contribution >= 4 is 0 Å². The molecule has 0 aromatic heterocycles. The smallest absolute Gasteiger partial charge is 0.162 e. The number of rotatable bonds is 11. The topological polar surface area (TPSA) is 53.7 Å². The van der Waals surface area contributed by atoms with Crippen LogP contribution in [0.2, 0.25) is 0 Å². The van der Waals surface area contributed by atoms with Crippen molar-refractivity contribution in [2.75, 3.05) is 6.54 Å². The highest BCUT2D eigenvalue weighted by Gasteiger charge is 2.15. The molecule has 0 aliphatic carbocycles. The molecule has 0 amide bonds. The molecule has 1 unspecified atom stereocenters. The summed E-state index contributed by atoms with van der Waals surface area (Å²) < 4.78 is 18.4. The molecule has 0 saturated carbocycles. The lowest BCUT2D eigenvalue weighted by Gasteiger charge is -2.19. The third-order valence-corrected chi connectivity index (χ3v) is 5.32. The Morgan fingerprint density at radius 2 is 1.03 bits per heavy atom. The van der Waals surface area contributed by atoms with Crippen molar-refractivity contribution < 1.29 is 14.2 Å². The Kier molecular flexibility index (Phi) is 8.12. The first kappa shape index (κ1) is 22.6. The molecular weight excluding hydrogens is 410 g/mol. The monoisotopic (exact) mass is 439 g/mol. The Bertz CT molecular complexity index is 1100. The molecule has 0 spiro atoms. The van der Waals surface area contributed by atoms with Gasteiger partial charge in [0.2, 0.25) is 0 Å². The fourth-order valence-electron chi connectivity index (χ4n) is 3.50. The van der Waals surface area contributed by atoms with Gasteiger partial charge in [-0.15, -0.1) is 0 Å². The van der Waals surface area contributed by atoms with Gasteiger partial charge in [-0.3, -0.25) is 0 Å². The summed E-state index contributed by atoms with van der Waals surface area (Å²) in [5, 5.41) is 0. The zero-order chi connectivity index (χ0) is 22.7. The largest absolute Gasteiger partial charge is 0.485 e. The van der Waals surface area contributed by atoms with Gasteiger partial charge in [-0.05, 0) is 34.4 Å². The fourth-order valence-corrected chi connectivity index (χ4v) is 3.50. The second-order valence-corrected chi connectivity index (χ2v) is 7.78. The normalized spacial score (nSPS) is 11.7. The molecule has 4 aromatic rings. The van der Waals surface area contributed by atoms with Gasteiger partial charge in [-0.25, -0.2) is 0 Å². The second-order valence-electron chi connectivity index (χ2n) is 7.78. The van der Waals surface area contributed by atoms with Gasteiger partial charge < -0.3 is 19.9 Å². The van der Waals surface area contributed by atoms with Crippen molar-refractivity contribution in [3.05, 3.63) is 131 Å². The Labute approximate surface area is 195 Å². The van der Waals surface area contributed by atoms with E-state index in [0.29, 0.717) is 37.9 Å². The third kappa shape index (κ3) is 6.69. The van der Waals surface area contributed by atoms with Crippen LogP contribution in [0.5, 0.6) is 11.5 Å². The molecule has 4 heteroatoms. The van der Waals surface area contributed by atoms with E-state index in [2.05, 4.69) is 0 Å². The van der Waals surface area contributed by atoms with E-state index >= 15 is 0 Å². The summed E-state index contributed by atoms with van der Waals surface area (Å²) in [6, 6.07) is 36.2. The summed E-state index contributed by atoms with van der Waals surface area (Å²) >= 11 is 0. The average Bonchev–Trinajstić information content (AvgIpc) is 2.89. The van der Waals surface area contributed by atoms with E-state index in [9.17, 15) is 0 Å². The number of hydrogen-bond acceptors (Lipinski definition) is 4. The van der Waals surface area contributed by atoms with Crippen LogP contribution in [-0.4, -0.2) is 6.54 Å². The molecule has 0 bridgehead atoms. The van der Waals surface area contributed by atoms with Crippen molar-refractivity contribution in [1.82, 2.24) is 0 Å². The lowest BCUT2D eigenvalue weighted by atomic mass is 10.1. The Balaban J connectivity index is 1.51. The number of ether oxygens (including phenoxy) is 3. The predicted octanol–water partition coefficient (Wildman–Crippen LogP) is 6.06. The SMILES string of the molecule is NCC(OCc1ccccc1)c1ccc(OCc2ccccc2)c(OCc2ccccc2)c1. The van der Waals surface area contributed by atoms with Crippen molar-refractivity contribution in [1.29, 1.82) is 0 Å². The molecule has 4 rings (SSSR count). The summed E-state index contributed by atoms with van der Waals surface area (Å²) in [5.74, 6) is 1.37. The van der Waals surface area contributed by atoms with Crippen LogP contribution >= 0.6 is 0 Å². The molecule has 0 fully saturated rings. The first-order valence-electron chi connectivity index (χ1n) is 11.1. The van der Waals surface area contributed by atoms with Gasteiger partial charge in [0.1, 0.15) is 13.2 Å². The highest BCUT2D eigenvalue weighted by atomic mass is 16.5. The van der Waals surface area contributed by atoms with E-state index in [0.717, 1.165) is 22.3 Å². The van der Waals surface area contributed by atoms with Crippen LogP contribution in [0.3, 0.4) is 0 Å². The summed E-state index contributed by atoms with van der Waals surface area (Å²) in [5.41, 5.74) is 10.3. The van der Waals surface area contributed by atoms with Crippen molar-refractivity contribution in [2.24, 2.45) is 5.73 Å². The van der Waals surface area contributed by atoms with E-state index in [1.807, 2.05) is 109 Å². The molecule has 0 aliphatic rings. The van der Waals surface area contributed by atoms with E-state index in [1.54, 1.807) is 0 Å². The summed E-state index contributed by atoms with van der Waals surface area (Å²) in [7, 11) is 0. The Morgan fingerprint density at radius 1 is 0.545 bits per heavy atom. The van der Waals surface area contributed by atoms with Gasteiger partial charge in [0, 0.05) is 6.54 Å². The number of benzene rings is 4. The summed E-state index contributed by atoms with van der Waals surface area (Å²) in [6.45, 7) is 1.78. The third-order valence-electron chi connectivity index (χ3n) is 5.32. The first-order valence-corrected chi connectivity index (χ1v) is 11.1. The zero-order valence-electron chi connectivity index (χ0n) is 18.6. The Morgan fingerprint density at radius 3 is 1.55 bits per heavy atom. The van der Waals surface area contributed by atoms with Crippen LogP contribution in [0.25, 0.3) is 0 Å². The molecule has 0 aliphatic heterocycles.